The van der Waals surface area contributed by atoms with Gasteiger partial charge in [0.1, 0.15) is 0 Å². The van der Waals surface area contributed by atoms with Gasteiger partial charge in [0.25, 0.3) is 0 Å². The number of rotatable bonds is 5. The molecule has 1 aliphatic carbocycles. The summed E-state index contributed by atoms with van der Waals surface area (Å²) in [5, 5.41) is 3.08. The zero-order valence-electron chi connectivity index (χ0n) is 11.7. The lowest BCUT2D eigenvalue weighted by Gasteiger charge is -2.28. The van der Waals surface area contributed by atoms with Gasteiger partial charge >= 0.3 is 5.97 Å². The molecule has 0 spiro atoms. The molecule has 1 aliphatic rings. The number of esters is 1. The highest BCUT2D eigenvalue weighted by atomic mass is 16.5. The quantitative estimate of drug-likeness (QED) is 0.767. The second-order valence-corrected chi connectivity index (χ2v) is 5.66. The molecule has 0 aliphatic heterocycles. The average molecular weight is 255 g/mol. The molecule has 18 heavy (non-hydrogen) atoms. The third-order valence-electron chi connectivity index (χ3n) is 3.49. The minimum Gasteiger partial charge on any atom is -0.469 e. The highest BCUT2D eigenvalue weighted by molar-refractivity contribution is 5.76. The minimum absolute atomic E-state index is 0.123. The molecule has 1 amide bonds. The summed E-state index contributed by atoms with van der Waals surface area (Å²) in [6.07, 6.45) is 5.08. The molecule has 1 rings (SSSR count). The molecule has 0 unspecified atom stereocenters. The zero-order valence-corrected chi connectivity index (χ0v) is 11.7. The Kier molecular flexibility index (Phi) is 6.16. The number of nitrogens with one attached hydrogen (secondary N) is 1. The molecular formula is C14H25NO3. The Balaban J connectivity index is 2.23. The van der Waals surface area contributed by atoms with Crippen LogP contribution in [-0.2, 0) is 14.3 Å². The number of amides is 1. The van der Waals surface area contributed by atoms with Gasteiger partial charge in [-0.2, -0.15) is 0 Å². The van der Waals surface area contributed by atoms with E-state index in [-0.39, 0.29) is 11.9 Å². The van der Waals surface area contributed by atoms with E-state index >= 15 is 0 Å². The molecule has 0 atom stereocenters. The molecule has 0 aromatic rings. The molecule has 4 heteroatoms. The fourth-order valence-electron chi connectivity index (χ4n) is 2.49. The van der Waals surface area contributed by atoms with E-state index in [1.165, 1.54) is 7.11 Å². The van der Waals surface area contributed by atoms with Crippen molar-refractivity contribution < 1.29 is 14.3 Å². The van der Waals surface area contributed by atoms with Crippen molar-refractivity contribution in [1.82, 2.24) is 5.32 Å². The number of carbonyl (C=O) groups excluding carboxylic acids is 2. The third kappa shape index (κ3) is 5.52. The van der Waals surface area contributed by atoms with E-state index in [0.717, 1.165) is 25.7 Å². The van der Waals surface area contributed by atoms with Crippen molar-refractivity contribution in [3.8, 4) is 0 Å². The molecule has 0 aromatic heterocycles. The van der Waals surface area contributed by atoms with Crippen molar-refractivity contribution >= 4 is 11.9 Å². The van der Waals surface area contributed by atoms with Crippen LogP contribution in [0.4, 0.5) is 0 Å². The van der Waals surface area contributed by atoms with Gasteiger partial charge in [-0.1, -0.05) is 13.8 Å². The van der Waals surface area contributed by atoms with Gasteiger partial charge in [0.2, 0.25) is 5.91 Å². The molecule has 1 saturated carbocycles. The van der Waals surface area contributed by atoms with E-state index in [1.54, 1.807) is 0 Å². The van der Waals surface area contributed by atoms with Crippen molar-refractivity contribution in [2.24, 2.45) is 11.8 Å². The van der Waals surface area contributed by atoms with E-state index in [4.69, 9.17) is 0 Å². The lowest BCUT2D eigenvalue weighted by Crippen LogP contribution is -2.38. The van der Waals surface area contributed by atoms with E-state index in [1.807, 2.05) is 13.8 Å². The fraction of sp³-hybridized carbons (Fsp3) is 0.857. The maximum atomic E-state index is 11.6. The smallest absolute Gasteiger partial charge is 0.305 e. The van der Waals surface area contributed by atoms with Crippen LogP contribution in [0, 0.1) is 11.8 Å². The molecule has 0 aromatic carbocycles. The SMILES string of the molecule is COC(=O)CC1CCC(NC(=O)CC(C)C)CC1. The Morgan fingerprint density at radius 2 is 1.83 bits per heavy atom. The van der Waals surface area contributed by atoms with Crippen molar-refractivity contribution in [3.63, 3.8) is 0 Å². The Morgan fingerprint density at radius 3 is 2.33 bits per heavy atom. The molecule has 4 nitrogen and oxygen atoms in total. The first-order chi connectivity index (χ1) is 8.51. The lowest BCUT2D eigenvalue weighted by atomic mass is 9.84. The summed E-state index contributed by atoms with van der Waals surface area (Å²) in [7, 11) is 1.43. The van der Waals surface area contributed by atoms with E-state index in [2.05, 4.69) is 10.1 Å². The summed E-state index contributed by atoms with van der Waals surface area (Å²) < 4.78 is 4.68. The van der Waals surface area contributed by atoms with Crippen LogP contribution >= 0.6 is 0 Å². The summed E-state index contributed by atoms with van der Waals surface area (Å²) >= 11 is 0. The van der Waals surface area contributed by atoms with Gasteiger partial charge in [0, 0.05) is 18.9 Å². The first-order valence-electron chi connectivity index (χ1n) is 6.87. The van der Waals surface area contributed by atoms with Crippen molar-refractivity contribution in [1.29, 1.82) is 0 Å². The lowest BCUT2D eigenvalue weighted by molar-refractivity contribution is -0.142. The van der Waals surface area contributed by atoms with E-state index in [0.29, 0.717) is 30.7 Å². The molecule has 0 saturated heterocycles. The highest BCUT2D eigenvalue weighted by Crippen LogP contribution is 2.27. The Bertz CT molecular complexity index is 281. The Labute approximate surface area is 109 Å². The Morgan fingerprint density at radius 1 is 1.22 bits per heavy atom. The van der Waals surface area contributed by atoms with Crippen molar-refractivity contribution in [3.05, 3.63) is 0 Å². The monoisotopic (exact) mass is 255 g/mol. The summed E-state index contributed by atoms with van der Waals surface area (Å²) in [4.78, 5) is 22.8. The molecule has 1 fully saturated rings. The normalized spacial score (nSPS) is 23.8. The van der Waals surface area contributed by atoms with Crippen LogP contribution in [0.2, 0.25) is 0 Å². The van der Waals surface area contributed by atoms with Gasteiger partial charge in [-0.3, -0.25) is 9.59 Å². The maximum absolute atomic E-state index is 11.6. The second-order valence-electron chi connectivity index (χ2n) is 5.66. The molecule has 104 valence electrons. The van der Waals surface area contributed by atoms with Crippen LogP contribution in [0.1, 0.15) is 52.4 Å². The number of methoxy groups -OCH3 is 1. The predicted molar refractivity (Wildman–Crippen MR) is 70.0 cm³/mol. The van der Waals surface area contributed by atoms with Gasteiger partial charge in [0.15, 0.2) is 0 Å². The molecule has 0 radical (unpaired) electrons. The predicted octanol–water partition coefficient (Wildman–Crippen LogP) is 2.27. The fourth-order valence-corrected chi connectivity index (χ4v) is 2.49. The van der Waals surface area contributed by atoms with Gasteiger partial charge in [-0.25, -0.2) is 0 Å². The zero-order chi connectivity index (χ0) is 13.5. The largest absolute Gasteiger partial charge is 0.469 e. The molecule has 1 N–H and O–H groups in total. The second kappa shape index (κ2) is 7.39. The first kappa shape index (κ1) is 15.0. The van der Waals surface area contributed by atoms with Gasteiger partial charge in [0.05, 0.1) is 7.11 Å². The molecule has 0 bridgehead atoms. The maximum Gasteiger partial charge on any atom is 0.305 e. The Hall–Kier alpha value is -1.06. The van der Waals surface area contributed by atoms with Crippen LogP contribution in [-0.4, -0.2) is 25.0 Å². The van der Waals surface area contributed by atoms with Gasteiger partial charge in [-0.15, -0.1) is 0 Å². The topological polar surface area (TPSA) is 55.4 Å². The van der Waals surface area contributed by atoms with Crippen molar-refractivity contribution in [2.75, 3.05) is 7.11 Å². The number of carbonyl (C=O) groups is 2. The summed E-state index contributed by atoms with van der Waals surface area (Å²) in [6, 6.07) is 0.296. The van der Waals surface area contributed by atoms with Crippen LogP contribution in [0.25, 0.3) is 0 Å². The van der Waals surface area contributed by atoms with E-state index in [9.17, 15) is 9.59 Å². The van der Waals surface area contributed by atoms with Gasteiger partial charge in [-0.05, 0) is 37.5 Å². The summed E-state index contributed by atoms with van der Waals surface area (Å²) in [5.74, 6) is 0.861. The number of hydrogen-bond acceptors (Lipinski definition) is 3. The average Bonchev–Trinajstić information content (AvgIpc) is 2.30. The van der Waals surface area contributed by atoms with Crippen LogP contribution < -0.4 is 5.32 Å². The molecular weight excluding hydrogens is 230 g/mol. The van der Waals surface area contributed by atoms with Crippen LogP contribution in [0.5, 0.6) is 0 Å². The summed E-state index contributed by atoms with van der Waals surface area (Å²) in [6.45, 7) is 4.10. The van der Waals surface area contributed by atoms with Gasteiger partial charge < -0.3 is 10.1 Å². The highest BCUT2D eigenvalue weighted by Gasteiger charge is 2.24. The van der Waals surface area contributed by atoms with Crippen molar-refractivity contribution in [2.45, 2.75) is 58.4 Å². The molecule has 0 heterocycles. The minimum atomic E-state index is -0.123. The first-order valence-corrected chi connectivity index (χ1v) is 6.87. The number of hydrogen-bond donors (Lipinski definition) is 1. The third-order valence-corrected chi connectivity index (χ3v) is 3.49. The van der Waals surface area contributed by atoms with Crippen LogP contribution in [0.3, 0.4) is 0 Å². The summed E-state index contributed by atoms with van der Waals surface area (Å²) in [5.41, 5.74) is 0. The number of ether oxygens (including phenoxy) is 1. The standard InChI is InChI=1S/C14H25NO3/c1-10(2)8-13(16)15-12-6-4-11(5-7-12)9-14(17)18-3/h10-12H,4-9H2,1-3H3,(H,15,16). The van der Waals surface area contributed by atoms with E-state index < -0.39 is 0 Å². The van der Waals surface area contributed by atoms with Crippen LogP contribution in [0.15, 0.2) is 0 Å².